The van der Waals surface area contributed by atoms with E-state index in [0.29, 0.717) is 10.7 Å². The van der Waals surface area contributed by atoms with E-state index in [1.54, 1.807) is 0 Å². The quantitative estimate of drug-likeness (QED) is 0.628. The Morgan fingerprint density at radius 3 is 2.65 bits per heavy atom. The average molecular weight is 430 g/mol. The van der Waals surface area contributed by atoms with Gasteiger partial charge in [0.05, 0.1) is 11.6 Å². The van der Waals surface area contributed by atoms with Gasteiger partial charge >= 0.3 is 0 Å². The Hall–Kier alpha value is -2.18. The molecule has 134 valence electrons. The summed E-state index contributed by atoms with van der Waals surface area (Å²) in [4.78, 5) is 13.1. The maximum atomic E-state index is 13.1. The van der Waals surface area contributed by atoms with E-state index < -0.39 is 0 Å². The normalized spacial score (nSPS) is 16.8. The SMILES string of the molecule is CC1=C(C(=O)Nc2cc(C)ccc2C)[C@H](c2cccc(Br)c2)NC(=S)N1. The number of carbonyl (C=O) groups excluding carboxylic acids is 1. The molecular weight excluding hydrogens is 410 g/mol. The standard InChI is InChI=1S/C20H20BrN3OS/c1-11-7-8-12(2)16(9-11)23-19(25)17-13(3)22-20(26)24-18(17)14-5-4-6-15(21)10-14/h4-10,18H,1-3H3,(H,23,25)(H2,22,24,26)/t18-/m0/s1. The first-order valence-corrected chi connectivity index (χ1v) is 9.47. The molecule has 1 aliphatic rings. The van der Waals surface area contributed by atoms with Crippen molar-refractivity contribution in [1.82, 2.24) is 10.6 Å². The van der Waals surface area contributed by atoms with Crippen LogP contribution in [0.15, 0.2) is 58.2 Å². The van der Waals surface area contributed by atoms with Crippen LogP contribution >= 0.6 is 28.1 Å². The number of rotatable bonds is 3. The van der Waals surface area contributed by atoms with Gasteiger partial charge in [0.25, 0.3) is 5.91 Å². The van der Waals surface area contributed by atoms with Crippen LogP contribution in [0.2, 0.25) is 0 Å². The van der Waals surface area contributed by atoms with Crippen molar-refractivity contribution in [3.8, 4) is 0 Å². The molecule has 26 heavy (non-hydrogen) atoms. The predicted molar refractivity (Wildman–Crippen MR) is 113 cm³/mol. The van der Waals surface area contributed by atoms with E-state index >= 15 is 0 Å². The summed E-state index contributed by atoms with van der Waals surface area (Å²) in [5.74, 6) is -0.149. The van der Waals surface area contributed by atoms with E-state index in [9.17, 15) is 4.79 Å². The molecule has 4 nitrogen and oxygen atoms in total. The number of nitrogens with one attached hydrogen (secondary N) is 3. The fraction of sp³-hybridized carbons (Fsp3) is 0.200. The molecule has 0 radical (unpaired) electrons. The molecule has 1 heterocycles. The fourth-order valence-corrected chi connectivity index (χ4v) is 3.68. The number of hydrogen-bond donors (Lipinski definition) is 3. The second-order valence-corrected chi connectivity index (χ2v) is 7.72. The number of anilines is 1. The number of carbonyl (C=O) groups is 1. The highest BCUT2D eigenvalue weighted by atomic mass is 79.9. The molecule has 0 aromatic heterocycles. The van der Waals surface area contributed by atoms with Gasteiger partial charge in [-0.25, -0.2) is 0 Å². The van der Waals surface area contributed by atoms with Crippen LogP contribution in [-0.4, -0.2) is 11.0 Å². The average Bonchev–Trinajstić information content (AvgIpc) is 2.57. The van der Waals surface area contributed by atoms with Crippen molar-refractivity contribution in [2.45, 2.75) is 26.8 Å². The fourth-order valence-electron chi connectivity index (χ4n) is 2.99. The number of thiocarbonyl (C=S) groups is 1. The number of hydrogen-bond acceptors (Lipinski definition) is 2. The maximum absolute atomic E-state index is 13.1. The van der Waals surface area contributed by atoms with Crippen molar-refractivity contribution in [2.75, 3.05) is 5.32 Å². The highest BCUT2D eigenvalue weighted by Crippen LogP contribution is 2.29. The molecule has 3 N–H and O–H groups in total. The van der Waals surface area contributed by atoms with Crippen LogP contribution in [0.25, 0.3) is 0 Å². The van der Waals surface area contributed by atoms with Crippen molar-refractivity contribution < 1.29 is 4.79 Å². The minimum Gasteiger partial charge on any atom is -0.351 e. The van der Waals surface area contributed by atoms with Gasteiger partial charge in [-0.05, 0) is 67.9 Å². The highest BCUT2D eigenvalue weighted by Gasteiger charge is 2.30. The van der Waals surface area contributed by atoms with Crippen LogP contribution in [0.5, 0.6) is 0 Å². The molecule has 0 unspecified atom stereocenters. The molecule has 2 aromatic carbocycles. The van der Waals surface area contributed by atoms with Gasteiger partial charge in [-0.2, -0.15) is 0 Å². The Bertz CT molecular complexity index is 923. The van der Waals surface area contributed by atoms with Crippen LogP contribution in [0.3, 0.4) is 0 Å². The molecule has 0 fully saturated rings. The Morgan fingerprint density at radius 1 is 1.15 bits per heavy atom. The van der Waals surface area contributed by atoms with Crippen LogP contribution in [0.1, 0.15) is 29.7 Å². The van der Waals surface area contributed by atoms with E-state index in [-0.39, 0.29) is 11.9 Å². The molecule has 1 aliphatic heterocycles. The Morgan fingerprint density at radius 2 is 1.92 bits per heavy atom. The third-order valence-corrected chi connectivity index (χ3v) is 5.05. The van der Waals surface area contributed by atoms with Crippen LogP contribution in [-0.2, 0) is 4.79 Å². The lowest BCUT2D eigenvalue weighted by Crippen LogP contribution is -2.45. The summed E-state index contributed by atoms with van der Waals surface area (Å²) in [5, 5.41) is 9.84. The van der Waals surface area contributed by atoms with Crippen molar-refractivity contribution in [3.05, 3.63) is 74.9 Å². The molecule has 2 aromatic rings. The minimum atomic E-state index is -0.314. The van der Waals surface area contributed by atoms with Crippen LogP contribution < -0.4 is 16.0 Å². The van der Waals surface area contributed by atoms with Crippen molar-refractivity contribution >= 4 is 44.9 Å². The summed E-state index contributed by atoms with van der Waals surface area (Å²) in [5.41, 5.74) is 5.28. The second kappa shape index (κ2) is 7.60. The number of aryl methyl sites for hydroxylation is 2. The van der Waals surface area contributed by atoms with Gasteiger partial charge in [0, 0.05) is 15.9 Å². The molecule has 6 heteroatoms. The summed E-state index contributed by atoms with van der Waals surface area (Å²) < 4.78 is 0.952. The molecule has 1 atom stereocenters. The summed E-state index contributed by atoms with van der Waals surface area (Å²) in [6, 6.07) is 13.6. The van der Waals surface area contributed by atoms with E-state index in [0.717, 1.165) is 32.5 Å². The number of halogens is 1. The number of benzene rings is 2. The lowest BCUT2D eigenvalue weighted by molar-refractivity contribution is -0.113. The van der Waals surface area contributed by atoms with E-state index in [1.807, 2.05) is 63.2 Å². The predicted octanol–water partition coefficient (Wildman–Crippen LogP) is 4.50. The first-order chi connectivity index (χ1) is 12.3. The first-order valence-electron chi connectivity index (χ1n) is 8.27. The third-order valence-electron chi connectivity index (χ3n) is 4.34. The topological polar surface area (TPSA) is 53.2 Å². The number of allylic oxidation sites excluding steroid dienone is 1. The van der Waals surface area contributed by atoms with E-state index in [2.05, 4.69) is 31.9 Å². The van der Waals surface area contributed by atoms with Crippen molar-refractivity contribution in [1.29, 1.82) is 0 Å². The lowest BCUT2D eigenvalue weighted by atomic mass is 9.95. The van der Waals surface area contributed by atoms with Gasteiger partial charge in [-0.3, -0.25) is 4.79 Å². The van der Waals surface area contributed by atoms with Gasteiger partial charge in [-0.1, -0.05) is 40.2 Å². The summed E-state index contributed by atoms with van der Waals surface area (Å²) in [6.45, 7) is 5.86. The smallest absolute Gasteiger partial charge is 0.255 e. The zero-order valence-corrected chi connectivity index (χ0v) is 17.2. The molecule has 0 saturated carbocycles. The summed E-state index contributed by atoms with van der Waals surface area (Å²) in [6.07, 6.45) is 0. The van der Waals surface area contributed by atoms with Crippen LogP contribution in [0.4, 0.5) is 5.69 Å². The molecular formula is C20H20BrN3OS. The molecule has 0 bridgehead atoms. The Kier molecular flexibility index (Phi) is 5.44. The minimum absolute atomic E-state index is 0.149. The van der Waals surface area contributed by atoms with Gasteiger partial charge in [0.1, 0.15) is 0 Å². The largest absolute Gasteiger partial charge is 0.351 e. The van der Waals surface area contributed by atoms with Crippen molar-refractivity contribution in [2.24, 2.45) is 0 Å². The maximum Gasteiger partial charge on any atom is 0.255 e. The highest BCUT2D eigenvalue weighted by molar-refractivity contribution is 9.10. The molecule has 3 rings (SSSR count). The zero-order chi connectivity index (χ0) is 18.8. The molecule has 0 aliphatic carbocycles. The van der Waals surface area contributed by atoms with E-state index in [4.69, 9.17) is 12.2 Å². The van der Waals surface area contributed by atoms with Crippen LogP contribution in [0, 0.1) is 13.8 Å². The van der Waals surface area contributed by atoms with E-state index in [1.165, 1.54) is 0 Å². The van der Waals surface area contributed by atoms with Gasteiger partial charge in [0.15, 0.2) is 5.11 Å². The van der Waals surface area contributed by atoms with Gasteiger partial charge < -0.3 is 16.0 Å². The Labute approximate surface area is 167 Å². The first kappa shape index (κ1) is 18.6. The zero-order valence-electron chi connectivity index (χ0n) is 14.8. The second-order valence-electron chi connectivity index (χ2n) is 6.40. The lowest BCUT2D eigenvalue weighted by Gasteiger charge is -2.30. The molecule has 1 amide bonds. The van der Waals surface area contributed by atoms with Crippen molar-refractivity contribution in [3.63, 3.8) is 0 Å². The Balaban J connectivity index is 1.98. The summed E-state index contributed by atoms with van der Waals surface area (Å²) >= 11 is 8.79. The molecule has 0 spiro atoms. The number of amides is 1. The molecule has 0 saturated heterocycles. The monoisotopic (exact) mass is 429 g/mol. The van der Waals surface area contributed by atoms with Gasteiger partial charge in [-0.15, -0.1) is 0 Å². The summed E-state index contributed by atoms with van der Waals surface area (Å²) in [7, 11) is 0. The van der Waals surface area contributed by atoms with Gasteiger partial charge in [0.2, 0.25) is 0 Å². The third kappa shape index (κ3) is 3.97.